The number of aryl methyl sites for hydroxylation is 1. The summed E-state index contributed by atoms with van der Waals surface area (Å²) in [7, 11) is 0. The summed E-state index contributed by atoms with van der Waals surface area (Å²) in [6, 6.07) is 4.55. The molecule has 1 saturated carbocycles. The monoisotopic (exact) mass is 415 g/mol. The summed E-state index contributed by atoms with van der Waals surface area (Å²) in [5.74, 6) is 0.579. The number of alkyl halides is 2. The summed E-state index contributed by atoms with van der Waals surface area (Å²) in [4.78, 5) is 19.6. The standard InChI is InChI=1S/C21H23F2N5O2/c1-12-9-18(30-26-12)16-5-3-2-4-8-27(16)21(29)15-11-19-24-14(13-6-7-13)10-17(20(22)23)28(19)25-15/h9-11,13,16,20H,2-8H2,1H3/t16-/m1/s1. The Labute approximate surface area is 172 Å². The van der Waals surface area contributed by atoms with Gasteiger partial charge in [0, 0.05) is 30.3 Å². The third-order valence-corrected chi connectivity index (χ3v) is 5.90. The van der Waals surface area contributed by atoms with Crippen LogP contribution in [0.5, 0.6) is 0 Å². The number of aromatic nitrogens is 4. The molecule has 5 rings (SSSR count). The van der Waals surface area contributed by atoms with E-state index in [4.69, 9.17) is 4.52 Å². The number of carbonyl (C=O) groups excluding carboxylic acids is 1. The van der Waals surface area contributed by atoms with Crippen molar-refractivity contribution in [3.05, 3.63) is 46.7 Å². The molecule has 0 unspecified atom stereocenters. The Morgan fingerprint density at radius 1 is 1.17 bits per heavy atom. The Morgan fingerprint density at radius 2 is 2.00 bits per heavy atom. The first-order valence-electron chi connectivity index (χ1n) is 10.4. The van der Waals surface area contributed by atoms with E-state index in [-0.39, 0.29) is 29.3 Å². The first-order valence-corrected chi connectivity index (χ1v) is 10.4. The van der Waals surface area contributed by atoms with Crippen LogP contribution in [0.15, 0.2) is 22.7 Å². The average Bonchev–Trinajstić information content (AvgIpc) is 3.42. The minimum Gasteiger partial charge on any atom is -0.359 e. The molecule has 2 aliphatic rings. The molecule has 1 aliphatic carbocycles. The zero-order valence-electron chi connectivity index (χ0n) is 16.7. The maximum absolute atomic E-state index is 13.7. The van der Waals surface area contributed by atoms with Crippen LogP contribution in [0.25, 0.3) is 5.65 Å². The van der Waals surface area contributed by atoms with Crippen molar-refractivity contribution < 1.29 is 18.1 Å². The number of halogens is 2. The summed E-state index contributed by atoms with van der Waals surface area (Å²) in [6.45, 7) is 2.40. The predicted octanol–water partition coefficient (Wildman–Crippen LogP) is 4.60. The highest BCUT2D eigenvalue weighted by Crippen LogP contribution is 2.40. The fraction of sp³-hybridized carbons (Fsp3) is 0.524. The summed E-state index contributed by atoms with van der Waals surface area (Å²) in [6.07, 6.45) is 2.84. The van der Waals surface area contributed by atoms with E-state index in [1.54, 1.807) is 4.90 Å². The van der Waals surface area contributed by atoms with E-state index in [2.05, 4.69) is 15.2 Å². The van der Waals surface area contributed by atoms with Crippen LogP contribution >= 0.6 is 0 Å². The molecule has 0 N–H and O–H groups in total. The van der Waals surface area contributed by atoms with Crippen LogP contribution < -0.4 is 0 Å². The van der Waals surface area contributed by atoms with Gasteiger partial charge in [-0.05, 0) is 38.7 Å². The number of hydrogen-bond acceptors (Lipinski definition) is 5. The summed E-state index contributed by atoms with van der Waals surface area (Å²) < 4.78 is 33.9. The third-order valence-electron chi connectivity index (χ3n) is 5.90. The van der Waals surface area contributed by atoms with Gasteiger partial charge in [0.1, 0.15) is 5.69 Å². The van der Waals surface area contributed by atoms with Crippen molar-refractivity contribution in [1.82, 2.24) is 24.7 Å². The van der Waals surface area contributed by atoms with Gasteiger partial charge in [0.2, 0.25) is 0 Å². The fourth-order valence-electron chi connectivity index (χ4n) is 4.20. The molecular weight excluding hydrogens is 392 g/mol. The van der Waals surface area contributed by atoms with Gasteiger partial charge in [-0.2, -0.15) is 5.10 Å². The van der Waals surface area contributed by atoms with Gasteiger partial charge in [0.15, 0.2) is 17.1 Å². The lowest BCUT2D eigenvalue weighted by atomic mass is 10.1. The molecule has 158 valence electrons. The molecule has 1 aliphatic heterocycles. The first kappa shape index (κ1) is 19.1. The zero-order valence-corrected chi connectivity index (χ0v) is 16.7. The van der Waals surface area contributed by atoms with E-state index in [1.807, 2.05) is 13.0 Å². The van der Waals surface area contributed by atoms with Crippen LogP contribution in [0.2, 0.25) is 0 Å². The minimum atomic E-state index is -2.70. The van der Waals surface area contributed by atoms with Crippen molar-refractivity contribution >= 4 is 11.6 Å². The van der Waals surface area contributed by atoms with Crippen molar-refractivity contribution in [3.8, 4) is 0 Å². The lowest BCUT2D eigenvalue weighted by molar-refractivity contribution is 0.0644. The van der Waals surface area contributed by atoms with Crippen molar-refractivity contribution in [2.24, 2.45) is 0 Å². The molecule has 3 aromatic rings. The van der Waals surface area contributed by atoms with Gasteiger partial charge in [-0.25, -0.2) is 18.3 Å². The second-order valence-corrected chi connectivity index (χ2v) is 8.21. The SMILES string of the molecule is Cc1cc([C@H]2CCCCCN2C(=O)c2cc3nc(C4CC4)cc(C(F)F)n3n2)on1. The van der Waals surface area contributed by atoms with Gasteiger partial charge in [-0.3, -0.25) is 4.79 Å². The second kappa shape index (κ2) is 7.45. The van der Waals surface area contributed by atoms with Crippen LogP contribution in [0.1, 0.15) is 90.2 Å². The van der Waals surface area contributed by atoms with E-state index in [0.717, 1.165) is 48.7 Å². The highest BCUT2D eigenvalue weighted by atomic mass is 19.3. The number of fused-ring (bicyclic) bond motifs is 1. The van der Waals surface area contributed by atoms with Gasteiger partial charge in [0.25, 0.3) is 12.3 Å². The Hall–Kier alpha value is -2.84. The van der Waals surface area contributed by atoms with E-state index < -0.39 is 6.43 Å². The van der Waals surface area contributed by atoms with Crippen molar-refractivity contribution in [2.75, 3.05) is 6.54 Å². The molecule has 3 aromatic heterocycles. The quantitative estimate of drug-likeness (QED) is 0.623. The van der Waals surface area contributed by atoms with Crippen LogP contribution in [0.3, 0.4) is 0 Å². The van der Waals surface area contributed by atoms with Crippen molar-refractivity contribution in [3.63, 3.8) is 0 Å². The smallest absolute Gasteiger partial charge is 0.280 e. The molecule has 30 heavy (non-hydrogen) atoms. The lowest BCUT2D eigenvalue weighted by Crippen LogP contribution is -2.35. The lowest BCUT2D eigenvalue weighted by Gasteiger charge is -2.27. The first-order chi connectivity index (χ1) is 14.5. The van der Waals surface area contributed by atoms with Crippen LogP contribution in [-0.2, 0) is 0 Å². The summed E-state index contributed by atoms with van der Waals surface area (Å²) in [5.41, 5.74) is 1.61. The third kappa shape index (κ3) is 3.46. The van der Waals surface area contributed by atoms with E-state index in [1.165, 1.54) is 12.1 Å². The molecule has 0 radical (unpaired) electrons. The topological polar surface area (TPSA) is 76.5 Å². The second-order valence-electron chi connectivity index (χ2n) is 8.21. The van der Waals surface area contributed by atoms with Gasteiger partial charge >= 0.3 is 0 Å². The minimum absolute atomic E-state index is 0.125. The van der Waals surface area contributed by atoms with Gasteiger partial charge in [0.05, 0.1) is 11.7 Å². The highest BCUT2D eigenvalue weighted by Gasteiger charge is 2.33. The number of hydrogen-bond donors (Lipinski definition) is 0. The number of amides is 1. The molecule has 1 saturated heterocycles. The number of likely N-dealkylation sites (tertiary alicyclic amines) is 1. The Morgan fingerprint density at radius 3 is 2.70 bits per heavy atom. The predicted molar refractivity (Wildman–Crippen MR) is 103 cm³/mol. The Kier molecular flexibility index (Phi) is 4.75. The Bertz CT molecular complexity index is 1090. The highest BCUT2D eigenvalue weighted by molar-refractivity contribution is 5.93. The normalized spacial score (nSPS) is 20.1. The molecule has 1 atom stereocenters. The summed E-state index contributed by atoms with van der Waals surface area (Å²) in [5, 5.41) is 8.19. The van der Waals surface area contributed by atoms with E-state index in [9.17, 15) is 13.6 Å². The molecule has 0 aromatic carbocycles. The molecule has 2 fully saturated rings. The molecule has 1 amide bonds. The maximum Gasteiger partial charge on any atom is 0.280 e. The number of nitrogens with zero attached hydrogens (tertiary/aromatic N) is 5. The van der Waals surface area contributed by atoms with Crippen molar-refractivity contribution in [2.45, 2.75) is 63.8 Å². The van der Waals surface area contributed by atoms with Gasteiger partial charge < -0.3 is 9.42 Å². The molecule has 9 heteroatoms. The van der Waals surface area contributed by atoms with Gasteiger partial charge in [-0.1, -0.05) is 18.0 Å². The van der Waals surface area contributed by atoms with Crippen LogP contribution in [0, 0.1) is 6.92 Å². The molecule has 0 spiro atoms. The fourth-order valence-corrected chi connectivity index (χ4v) is 4.20. The van der Waals surface area contributed by atoms with Gasteiger partial charge in [-0.15, -0.1) is 0 Å². The van der Waals surface area contributed by atoms with E-state index in [0.29, 0.717) is 23.6 Å². The molecule has 4 heterocycles. The zero-order chi connectivity index (χ0) is 20.8. The van der Waals surface area contributed by atoms with Crippen LogP contribution in [0.4, 0.5) is 8.78 Å². The molecule has 7 nitrogen and oxygen atoms in total. The average molecular weight is 415 g/mol. The van der Waals surface area contributed by atoms with Crippen molar-refractivity contribution in [1.29, 1.82) is 0 Å². The largest absolute Gasteiger partial charge is 0.359 e. The maximum atomic E-state index is 13.7. The Balaban J connectivity index is 1.53. The molecule has 0 bridgehead atoms. The summed E-state index contributed by atoms with van der Waals surface area (Å²) >= 11 is 0. The van der Waals surface area contributed by atoms with Crippen LogP contribution in [-0.4, -0.2) is 37.1 Å². The number of carbonyl (C=O) groups is 1. The molecular formula is C21H23F2N5O2. The van der Waals surface area contributed by atoms with E-state index >= 15 is 0 Å². The number of rotatable bonds is 4.